The van der Waals surface area contributed by atoms with E-state index in [1.54, 1.807) is 0 Å². The van der Waals surface area contributed by atoms with Gasteiger partial charge >= 0.3 is 0 Å². The van der Waals surface area contributed by atoms with E-state index in [0.29, 0.717) is 12.1 Å². The highest BCUT2D eigenvalue weighted by Crippen LogP contribution is 2.16. The number of aliphatic imine (C=N–C) groups is 1. The minimum atomic E-state index is 0.496. The first-order valence-electron chi connectivity index (χ1n) is 9.21. The normalized spacial score (nSPS) is 17.2. The minimum absolute atomic E-state index is 0.496. The molecule has 2 aromatic rings. The van der Waals surface area contributed by atoms with Crippen molar-refractivity contribution in [3.63, 3.8) is 0 Å². The Bertz CT molecular complexity index is 712. The zero-order valence-corrected chi connectivity index (χ0v) is 15.5. The van der Waals surface area contributed by atoms with Gasteiger partial charge in [0.1, 0.15) is 0 Å². The van der Waals surface area contributed by atoms with E-state index in [0.717, 1.165) is 44.0 Å². The Balaban J connectivity index is 1.56. The molecule has 25 heavy (non-hydrogen) atoms. The molecule has 1 aromatic heterocycles. The number of fused-ring (bicyclic) bond motifs is 1. The van der Waals surface area contributed by atoms with E-state index in [1.165, 1.54) is 10.9 Å². The third-order valence-corrected chi connectivity index (χ3v) is 5.01. The summed E-state index contributed by atoms with van der Waals surface area (Å²) in [7, 11) is 1.84. The number of rotatable bonds is 4. The van der Waals surface area contributed by atoms with Crippen LogP contribution in [0.1, 0.15) is 32.3 Å². The average Bonchev–Trinajstić information content (AvgIpc) is 2.65. The van der Waals surface area contributed by atoms with Crippen molar-refractivity contribution < 1.29 is 0 Å². The number of nitrogens with one attached hydrogen (secondary N) is 2. The van der Waals surface area contributed by atoms with E-state index in [1.807, 2.05) is 19.3 Å². The summed E-state index contributed by atoms with van der Waals surface area (Å²) in [5.41, 5.74) is 2.27. The molecule has 3 rings (SSSR count). The predicted octanol–water partition coefficient (Wildman–Crippen LogP) is 2.77. The second-order valence-corrected chi connectivity index (χ2v) is 6.96. The number of hydrogen-bond acceptors (Lipinski definition) is 3. The zero-order valence-electron chi connectivity index (χ0n) is 15.5. The molecule has 1 aliphatic rings. The van der Waals surface area contributed by atoms with Gasteiger partial charge in [0.15, 0.2) is 5.96 Å². The van der Waals surface area contributed by atoms with Crippen LogP contribution in [0.25, 0.3) is 10.9 Å². The van der Waals surface area contributed by atoms with Crippen LogP contribution in [-0.2, 0) is 6.54 Å². The lowest BCUT2D eigenvalue weighted by molar-refractivity contribution is 0.167. The van der Waals surface area contributed by atoms with Crippen molar-refractivity contribution in [3.05, 3.63) is 42.1 Å². The van der Waals surface area contributed by atoms with Gasteiger partial charge in [0.2, 0.25) is 0 Å². The van der Waals surface area contributed by atoms with E-state index >= 15 is 0 Å². The molecule has 2 N–H and O–H groups in total. The van der Waals surface area contributed by atoms with E-state index in [2.05, 4.69) is 63.6 Å². The van der Waals surface area contributed by atoms with Crippen LogP contribution >= 0.6 is 0 Å². The fourth-order valence-corrected chi connectivity index (χ4v) is 3.44. The molecule has 0 unspecified atom stereocenters. The van der Waals surface area contributed by atoms with Crippen LogP contribution in [0.15, 0.2) is 41.5 Å². The monoisotopic (exact) mass is 339 g/mol. The molecular formula is C20H29N5. The van der Waals surface area contributed by atoms with Crippen LogP contribution < -0.4 is 10.6 Å². The van der Waals surface area contributed by atoms with Crippen molar-refractivity contribution >= 4 is 16.9 Å². The van der Waals surface area contributed by atoms with E-state index in [-0.39, 0.29) is 0 Å². The molecule has 0 bridgehead atoms. The summed E-state index contributed by atoms with van der Waals surface area (Å²) in [6.45, 7) is 7.59. The minimum Gasteiger partial charge on any atom is -0.354 e. The Labute approximate surface area is 150 Å². The second-order valence-electron chi connectivity index (χ2n) is 6.96. The number of nitrogens with zero attached hydrogens (tertiary/aromatic N) is 3. The summed E-state index contributed by atoms with van der Waals surface area (Å²) in [6, 6.07) is 11.5. The molecule has 5 nitrogen and oxygen atoms in total. The highest BCUT2D eigenvalue weighted by atomic mass is 15.2. The first-order chi connectivity index (χ1) is 12.2. The van der Waals surface area contributed by atoms with Gasteiger partial charge in [0.05, 0.1) is 5.52 Å². The molecule has 0 aliphatic carbocycles. The Morgan fingerprint density at radius 2 is 2.00 bits per heavy atom. The molecule has 5 heteroatoms. The summed E-state index contributed by atoms with van der Waals surface area (Å²) in [5.74, 6) is 0.879. The lowest BCUT2D eigenvalue weighted by Crippen LogP contribution is -2.49. The Morgan fingerprint density at radius 1 is 1.24 bits per heavy atom. The van der Waals surface area contributed by atoms with Crippen molar-refractivity contribution in [2.75, 3.05) is 20.1 Å². The second kappa shape index (κ2) is 8.30. The van der Waals surface area contributed by atoms with Crippen LogP contribution in [0.3, 0.4) is 0 Å². The van der Waals surface area contributed by atoms with Gasteiger partial charge in [-0.05, 0) is 44.4 Å². The zero-order chi connectivity index (χ0) is 17.6. The SMILES string of the molecule is CN=C(NCc1ccnc2ccccc12)NC1CCN(C(C)C)CC1. The van der Waals surface area contributed by atoms with Gasteiger partial charge in [-0.15, -0.1) is 0 Å². The van der Waals surface area contributed by atoms with Crippen LogP contribution in [0, 0.1) is 0 Å². The van der Waals surface area contributed by atoms with Crippen molar-refractivity contribution in [1.29, 1.82) is 0 Å². The van der Waals surface area contributed by atoms with Crippen LogP contribution in [0.4, 0.5) is 0 Å². The van der Waals surface area contributed by atoms with E-state index in [9.17, 15) is 0 Å². The van der Waals surface area contributed by atoms with Gasteiger partial charge in [-0.25, -0.2) is 0 Å². The Morgan fingerprint density at radius 3 is 2.72 bits per heavy atom. The van der Waals surface area contributed by atoms with Gasteiger partial charge in [0.25, 0.3) is 0 Å². The first-order valence-corrected chi connectivity index (χ1v) is 9.21. The van der Waals surface area contributed by atoms with Crippen molar-refractivity contribution in [3.8, 4) is 0 Å². The maximum atomic E-state index is 4.43. The number of guanidine groups is 1. The summed E-state index contributed by atoms with van der Waals surface area (Å²) < 4.78 is 0. The number of piperidine rings is 1. The Kier molecular flexibility index (Phi) is 5.87. The molecule has 0 saturated carbocycles. The van der Waals surface area contributed by atoms with E-state index < -0.39 is 0 Å². The third-order valence-electron chi connectivity index (χ3n) is 5.01. The molecule has 0 atom stereocenters. The molecule has 0 amide bonds. The van der Waals surface area contributed by atoms with Gasteiger partial charge in [-0.3, -0.25) is 9.98 Å². The summed E-state index contributed by atoms with van der Waals surface area (Å²) in [5, 5.41) is 8.23. The van der Waals surface area contributed by atoms with Gasteiger partial charge in [-0.2, -0.15) is 0 Å². The standard InChI is InChI=1S/C20H29N5/c1-15(2)25-12-9-17(10-13-25)24-20(21-3)23-14-16-8-11-22-19-7-5-4-6-18(16)19/h4-8,11,15,17H,9-10,12-14H2,1-3H3,(H2,21,23,24). The van der Waals surface area contributed by atoms with Crippen LogP contribution in [0.5, 0.6) is 0 Å². The molecule has 1 fully saturated rings. The van der Waals surface area contributed by atoms with Gasteiger partial charge < -0.3 is 15.5 Å². The molecule has 1 aromatic carbocycles. The molecular weight excluding hydrogens is 310 g/mol. The maximum Gasteiger partial charge on any atom is 0.191 e. The predicted molar refractivity (Wildman–Crippen MR) is 105 cm³/mol. The third kappa shape index (κ3) is 4.48. The molecule has 134 valence electrons. The van der Waals surface area contributed by atoms with Gasteiger partial charge in [-0.1, -0.05) is 18.2 Å². The quantitative estimate of drug-likeness (QED) is 0.664. The largest absolute Gasteiger partial charge is 0.354 e. The summed E-state index contributed by atoms with van der Waals surface area (Å²) in [4.78, 5) is 11.4. The summed E-state index contributed by atoms with van der Waals surface area (Å²) >= 11 is 0. The lowest BCUT2D eigenvalue weighted by Gasteiger charge is -2.35. The number of benzene rings is 1. The van der Waals surface area contributed by atoms with Crippen molar-refractivity contribution in [1.82, 2.24) is 20.5 Å². The number of aromatic nitrogens is 1. The van der Waals surface area contributed by atoms with Crippen molar-refractivity contribution in [2.24, 2.45) is 4.99 Å². The summed E-state index contributed by atoms with van der Waals surface area (Å²) in [6.07, 6.45) is 4.20. The van der Waals surface area contributed by atoms with E-state index in [4.69, 9.17) is 0 Å². The number of para-hydroxylation sites is 1. The molecule has 0 radical (unpaired) electrons. The lowest BCUT2D eigenvalue weighted by atomic mass is 10.0. The van der Waals surface area contributed by atoms with Crippen LogP contribution in [-0.4, -0.2) is 48.1 Å². The topological polar surface area (TPSA) is 52.6 Å². The maximum absolute atomic E-state index is 4.43. The molecule has 2 heterocycles. The highest BCUT2D eigenvalue weighted by molar-refractivity contribution is 5.83. The number of likely N-dealkylation sites (tertiary alicyclic amines) is 1. The van der Waals surface area contributed by atoms with Gasteiger partial charge in [0, 0.05) is 50.3 Å². The molecule has 1 aliphatic heterocycles. The number of pyridine rings is 1. The fraction of sp³-hybridized carbons (Fsp3) is 0.500. The van der Waals surface area contributed by atoms with Crippen LogP contribution in [0.2, 0.25) is 0 Å². The first kappa shape index (κ1) is 17.7. The fourth-order valence-electron chi connectivity index (χ4n) is 3.44. The Hall–Kier alpha value is -2.14. The highest BCUT2D eigenvalue weighted by Gasteiger charge is 2.21. The molecule has 1 saturated heterocycles. The van der Waals surface area contributed by atoms with Crippen molar-refractivity contribution in [2.45, 2.75) is 45.3 Å². The molecule has 0 spiro atoms. The number of hydrogen-bond donors (Lipinski definition) is 2. The average molecular weight is 339 g/mol. The smallest absolute Gasteiger partial charge is 0.191 e.